The number of rotatable bonds is 6. The average Bonchev–Trinajstić information content (AvgIpc) is 2.35. The maximum Gasteiger partial charge on any atom is 0.240 e. The van der Waals surface area contributed by atoms with E-state index in [4.69, 9.17) is 0 Å². The summed E-state index contributed by atoms with van der Waals surface area (Å²) in [7, 11) is -3.76. The van der Waals surface area contributed by atoms with Crippen molar-refractivity contribution in [1.82, 2.24) is 5.32 Å². The van der Waals surface area contributed by atoms with E-state index in [0.29, 0.717) is 0 Å². The number of nitrogens with one attached hydrogen (secondary N) is 1. The summed E-state index contributed by atoms with van der Waals surface area (Å²) in [5, 5.41) is 2.70. The Hall–Kier alpha value is -1.63. The number of sulfonamides is 1. The van der Waals surface area contributed by atoms with Gasteiger partial charge < -0.3 is 5.32 Å². The molecule has 0 aliphatic heterocycles. The molecule has 0 unspecified atom stereocenters. The molecule has 7 heteroatoms. The fraction of sp³-hybridized carbons (Fsp3) is 0.500. The van der Waals surface area contributed by atoms with Crippen LogP contribution < -0.4 is 9.62 Å². The molecule has 0 aliphatic carbocycles. The van der Waals surface area contributed by atoms with Gasteiger partial charge in [-0.15, -0.1) is 0 Å². The Bertz CT molecular complexity index is 602. The second kappa shape index (κ2) is 6.89. The van der Waals surface area contributed by atoms with E-state index in [1.165, 1.54) is 18.2 Å². The highest BCUT2D eigenvalue weighted by molar-refractivity contribution is 7.92. The number of hydrogen-bond donors (Lipinski definition) is 1. The third-order valence-corrected chi connectivity index (χ3v) is 4.32. The molecular weight excluding hydrogens is 295 g/mol. The number of nitrogens with zero attached hydrogens (tertiary/aromatic N) is 1. The Morgan fingerprint density at radius 2 is 1.86 bits per heavy atom. The van der Waals surface area contributed by atoms with E-state index in [-0.39, 0.29) is 17.6 Å². The van der Waals surface area contributed by atoms with Gasteiger partial charge in [0.1, 0.15) is 12.4 Å². The first-order valence-electron chi connectivity index (χ1n) is 6.64. The Morgan fingerprint density at radius 3 is 2.33 bits per heavy atom. The predicted octanol–water partition coefficient (Wildman–Crippen LogP) is 1.75. The molecule has 1 atom stereocenters. The lowest BCUT2D eigenvalue weighted by molar-refractivity contribution is -0.120. The molecule has 5 nitrogen and oxygen atoms in total. The van der Waals surface area contributed by atoms with Crippen molar-refractivity contribution < 1.29 is 17.6 Å². The molecule has 0 radical (unpaired) electrons. The standard InChI is InChI=1S/C14H21FN2O3S/c1-10(2)11(3)16-14(18)9-17(21(4,19)20)13-8-6-5-7-12(13)15/h5-8,10-11H,9H2,1-4H3,(H,16,18)/t11-/m0/s1. The minimum atomic E-state index is -3.76. The van der Waals surface area contributed by atoms with Gasteiger partial charge in [-0.25, -0.2) is 12.8 Å². The summed E-state index contributed by atoms with van der Waals surface area (Å²) in [4.78, 5) is 12.0. The van der Waals surface area contributed by atoms with Crippen LogP contribution >= 0.6 is 0 Å². The molecule has 1 aromatic carbocycles. The maximum absolute atomic E-state index is 13.8. The van der Waals surface area contributed by atoms with E-state index in [9.17, 15) is 17.6 Å². The Morgan fingerprint density at radius 1 is 1.29 bits per heavy atom. The lowest BCUT2D eigenvalue weighted by Gasteiger charge is -2.24. The van der Waals surface area contributed by atoms with Crippen molar-refractivity contribution in [3.63, 3.8) is 0 Å². The van der Waals surface area contributed by atoms with E-state index in [2.05, 4.69) is 5.32 Å². The molecule has 1 aromatic rings. The van der Waals surface area contributed by atoms with Crippen LogP contribution in [0.25, 0.3) is 0 Å². The summed E-state index contributed by atoms with van der Waals surface area (Å²) in [5.41, 5.74) is -0.132. The largest absolute Gasteiger partial charge is 0.352 e. The number of halogens is 1. The quantitative estimate of drug-likeness (QED) is 0.869. The van der Waals surface area contributed by atoms with Gasteiger partial charge in [0.2, 0.25) is 15.9 Å². The van der Waals surface area contributed by atoms with Gasteiger partial charge in [0.15, 0.2) is 0 Å². The van der Waals surface area contributed by atoms with Crippen LogP contribution in [-0.4, -0.2) is 33.2 Å². The maximum atomic E-state index is 13.8. The van der Waals surface area contributed by atoms with E-state index < -0.39 is 28.3 Å². The van der Waals surface area contributed by atoms with Crippen LogP contribution in [0.1, 0.15) is 20.8 Å². The monoisotopic (exact) mass is 316 g/mol. The molecule has 21 heavy (non-hydrogen) atoms. The van der Waals surface area contributed by atoms with Gasteiger partial charge in [-0.05, 0) is 25.0 Å². The molecular formula is C14H21FN2O3S. The van der Waals surface area contributed by atoms with Crippen molar-refractivity contribution in [2.24, 2.45) is 5.92 Å². The van der Waals surface area contributed by atoms with Crippen LogP contribution in [0.3, 0.4) is 0 Å². The smallest absolute Gasteiger partial charge is 0.240 e. The molecule has 0 aromatic heterocycles. The van der Waals surface area contributed by atoms with Crippen molar-refractivity contribution in [2.45, 2.75) is 26.8 Å². The first kappa shape index (κ1) is 17.4. The fourth-order valence-corrected chi connectivity index (χ4v) is 2.49. The number of carbonyl (C=O) groups excluding carboxylic acids is 1. The van der Waals surface area contributed by atoms with Crippen LogP contribution in [0.4, 0.5) is 10.1 Å². The first-order chi connectivity index (χ1) is 9.62. The van der Waals surface area contributed by atoms with Crippen molar-refractivity contribution in [3.05, 3.63) is 30.1 Å². The van der Waals surface area contributed by atoms with Crippen molar-refractivity contribution >= 4 is 21.6 Å². The van der Waals surface area contributed by atoms with Gasteiger partial charge in [0.05, 0.1) is 11.9 Å². The van der Waals surface area contributed by atoms with Crippen LogP contribution in [0.2, 0.25) is 0 Å². The first-order valence-corrected chi connectivity index (χ1v) is 8.49. The van der Waals surface area contributed by atoms with Gasteiger partial charge in [0.25, 0.3) is 0 Å². The summed E-state index contributed by atoms with van der Waals surface area (Å²) >= 11 is 0. The highest BCUT2D eigenvalue weighted by Gasteiger charge is 2.24. The zero-order chi connectivity index (χ0) is 16.2. The minimum absolute atomic E-state index is 0.0977. The SMILES string of the molecule is CC(C)[C@H](C)NC(=O)CN(c1ccccc1F)S(C)(=O)=O. The number of amides is 1. The van der Waals surface area contributed by atoms with Gasteiger partial charge in [-0.1, -0.05) is 26.0 Å². The summed E-state index contributed by atoms with van der Waals surface area (Å²) in [6.07, 6.45) is 0.943. The van der Waals surface area contributed by atoms with Crippen LogP contribution in [0, 0.1) is 11.7 Å². The molecule has 0 fully saturated rings. The normalized spacial score (nSPS) is 13.0. The molecule has 0 saturated heterocycles. The lowest BCUT2D eigenvalue weighted by atomic mass is 10.1. The van der Waals surface area contributed by atoms with E-state index in [1.54, 1.807) is 0 Å². The molecule has 0 bridgehead atoms. The van der Waals surface area contributed by atoms with Gasteiger partial charge in [-0.2, -0.15) is 0 Å². The van der Waals surface area contributed by atoms with Crippen LogP contribution in [-0.2, 0) is 14.8 Å². The molecule has 0 spiro atoms. The minimum Gasteiger partial charge on any atom is -0.352 e. The number of benzene rings is 1. The molecule has 1 rings (SSSR count). The molecule has 0 saturated carbocycles. The number of para-hydroxylation sites is 1. The third-order valence-electron chi connectivity index (χ3n) is 3.20. The number of hydrogen-bond acceptors (Lipinski definition) is 3. The average molecular weight is 316 g/mol. The predicted molar refractivity (Wildman–Crippen MR) is 81.0 cm³/mol. The zero-order valence-corrected chi connectivity index (χ0v) is 13.4. The van der Waals surface area contributed by atoms with Crippen LogP contribution in [0.5, 0.6) is 0 Å². The van der Waals surface area contributed by atoms with Gasteiger partial charge >= 0.3 is 0 Å². The molecule has 118 valence electrons. The molecule has 1 amide bonds. The third kappa shape index (κ3) is 5.00. The second-order valence-electron chi connectivity index (χ2n) is 5.32. The van der Waals surface area contributed by atoms with Crippen LogP contribution in [0.15, 0.2) is 24.3 Å². The Kier molecular flexibility index (Phi) is 5.71. The van der Waals surface area contributed by atoms with E-state index >= 15 is 0 Å². The highest BCUT2D eigenvalue weighted by atomic mass is 32.2. The van der Waals surface area contributed by atoms with Crippen molar-refractivity contribution in [1.29, 1.82) is 0 Å². The van der Waals surface area contributed by atoms with Crippen molar-refractivity contribution in [3.8, 4) is 0 Å². The summed E-state index contributed by atoms with van der Waals surface area (Å²) in [6, 6.07) is 5.36. The molecule has 0 aliphatic rings. The topological polar surface area (TPSA) is 66.5 Å². The Balaban J connectivity index is 2.97. The number of anilines is 1. The zero-order valence-electron chi connectivity index (χ0n) is 12.6. The summed E-state index contributed by atoms with van der Waals surface area (Å²) in [5.74, 6) is -0.938. The lowest BCUT2D eigenvalue weighted by Crippen LogP contribution is -2.44. The van der Waals surface area contributed by atoms with Gasteiger partial charge in [0, 0.05) is 6.04 Å². The highest BCUT2D eigenvalue weighted by Crippen LogP contribution is 2.21. The number of carbonyl (C=O) groups is 1. The Labute approximate surface area is 125 Å². The fourth-order valence-electron chi connectivity index (χ4n) is 1.63. The van der Waals surface area contributed by atoms with Crippen molar-refractivity contribution in [2.75, 3.05) is 17.1 Å². The summed E-state index contributed by atoms with van der Waals surface area (Å²) < 4.78 is 38.2. The van der Waals surface area contributed by atoms with Gasteiger partial charge in [-0.3, -0.25) is 9.10 Å². The second-order valence-corrected chi connectivity index (χ2v) is 7.23. The van der Waals surface area contributed by atoms with E-state index in [1.807, 2.05) is 20.8 Å². The summed E-state index contributed by atoms with van der Waals surface area (Å²) in [6.45, 7) is 5.26. The molecule has 0 heterocycles. The molecule has 1 N–H and O–H groups in total. The van der Waals surface area contributed by atoms with E-state index in [0.717, 1.165) is 16.6 Å².